The van der Waals surface area contributed by atoms with Crippen molar-refractivity contribution in [2.75, 3.05) is 5.32 Å². The molecule has 0 aliphatic heterocycles. The van der Waals surface area contributed by atoms with E-state index in [0.29, 0.717) is 12.7 Å². The lowest BCUT2D eigenvalue weighted by atomic mass is 9.89. The number of amides is 1. The predicted octanol–water partition coefficient (Wildman–Crippen LogP) is 3.07. The minimum absolute atomic E-state index is 0.172. The van der Waals surface area contributed by atoms with Crippen molar-refractivity contribution >= 4 is 11.6 Å². The van der Waals surface area contributed by atoms with Crippen LogP contribution in [0.5, 0.6) is 0 Å². The zero-order valence-corrected chi connectivity index (χ0v) is 13.0. The number of ether oxygens (including phenoxy) is 1. The largest absolute Gasteiger partial charge is 0.374 e. The number of anilines is 1. The van der Waals surface area contributed by atoms with Gasteiger partial charge in [0.2, 0.25) is 5.91 Å². The molecule has 1 fully saturated rings. The fourth-order valence-corrected chi connectivity index (χ4v) is 2.74. The molecule has 1 saturated carbocycles. The molecule has 1 aromatic rings. The zero-order chi connectivity index (χ0) is 15.2. The number of nitrogens with one attached hydrogen (secondary N) is 1. The third-order valence-corrected chi connectivity index (χ3v) is 3.98. The quantitative estimate of drug-likeness (QED) is 0.876. The third-order valence-electron chi connectivity index (χ3n) is 3.98. The van der Waals surface area contributed by atoms with Crippen molar-refractivity contribution in [3.63, 3.8) is 0 Å². The molecule has 3 atom stereocenters. The average molecular weight is 290 g/mol. The molecule has 0 spiro atoms. The Labute approximate surface area is 127 Å². The van der Waals surface area contributed by atoms with Crippen LogP contribution in [-0.4, -0.2) is 18.1 Å². The molecule has 0 heterocycles. The summed E-state index contributed by atoms with van der Waals surface area (Å²) < 4.78 is 6.01. The van der Waals surface area contributed by atoms with E-state index in [1.807, 2.05) is 24.3 Å². The highest BCUT2D eigenvalue weighted by Gasteiger charge is 2.19. The van der Waals surface area contributed by atoms with Gasteiger partial charge in [0.15, 0.2) is 0 Å². The molecule has 0 bridgehead atoms. The van der Waals surface area contributed by atoms with E-state index in [9.17, 15) is 4.79 Å². The number of rotatable bonds is 5. The monoisotopic (exact) mass is 290 g/mol. The van der Waals surface area contributed by atoms with E-state index >= 15 is 0 Å². The van der Waals surface area contributed by atoms with Gasteiger partial charge in [-0.2, -0.15) is 0 Å². The predicted molar refractivity (Wildman–Crippen MR) is 84.9 cm³/mol. The second-order valence-electron chi connectivity index (χ2n) is 6.18. The fourth-order valence-electron chi connectivity index (χ4n) is 2.74. The Hall–Kier alpha value is -1.39. The second-order valence-corrected chi connectivity index (χ2v) is 6.18. The highest BCUT2D eigenvalue weighted by molar-refractivity contribution is 5.94. The molecule has 0 saturated heterocycles. The number of carbonyl (C=O) groups excluding carboxylic acids is 1. The summed E-state index contributed by atoms with van der Waals surface area (Å²) in [6.07, 6.45) is 5.26. The first kappa shape index (κ1) is 16.0. The van der Waals surface area contributed by atoms with Gasteiger partial charge >= 0.3 is 0 Å². The van der Waals surface area contributed by atoms with Crippen LogP contribution in [0.3, 0.4) is 0 Å². The Kier molecular flexibility index (Phi) is 5.76. The number of hydrogen-bond acceptors (Lipinski definition) is 3. The Morgan fingerprint density at radius 1 is 1.48 bits per heavy atom. The Morgan fingerprint density at radius 2 is 2.29 bits per heavy atom. The lowest BCUT2D eigenvalue weighted by Crippen LogP contribution is -2.32. The molecule has 3 N–H and O–H groups in total. The average Bonchev–Trinajstić information content (AvgIpc) is 2.45. The highest BCUT2D eigenvalue weighted by Crippen LogP contribution is 2.26. The molecule has 2 rings (SSSR count). The van der Waals surface area contributed by atoms with Crippen molar-refractivity contribution in [3.8, 4) is 0 Å². The van der Waals surface area contributed by atoms with Crippen LogP contribution in [-0.2, 0) is 16.1 Å². The lowest BCUT2D eigenvalue weighted by Gasteiger charge is -2.26. The van der Waals surface area contributed by atoms with Crippen molar-refractivity contribution in [1.82, 2.24) is 0 Å². The molecule has 4 heteroatoms. The Bertz CT molecular complexity index is 474. The lowest BCUT2D eigenvalue weighted by molar-refractivity contribution is -0.117. The standard InChI is InChI=1S/C17H26N2O2/c1-12-5-3-8-16(9-12)21-11-14-6-4-7-15(10-14)19-17(20)13(2)18/h4,6-7,10,12-13,16H,3,5,8-9,11,18H2,1-2H3,(H,19,20)/t12?,13-,16?/m0/s1. The summed E-state index contributed by atoms with van der Waals surface area (Å²) in [6, 6.07) is 7.26. The van der Waals surface area contributed by atoms with Crippen LogP contribution < -0.4 is 11.1 Å². The van der Waals surface area contributed by atoms with Gasteiger partial charge in [0, 0.05) is 5.69 Å². The molecule has 1 amide bonds. The number of nitrogens with two attached hydrogens (primary N) is 1. The summed E-state index contributed by atoms with van der Waals surface area (Å²) in [5, 5.41) is 2.81. The maximum Gasteiger partial charge on any atom is 0.240 e. The highest BCUT2D eigenvalue weighted by atomic mass is 16.5. The van der Waals surface area contributed by atoms with E-state index in [1.165, 1.54) is 12.8 Å². The molecule has 1 aliphatic carbocycles. The van der Waals surface area contributed by atoms with Crippen molar-refractivity contribution in [2.45, 2.75) is 58.3 Å². The van der Waals surface area contributed by atoms with Gasteiger partial charge in [0.1, 0.15) is 0 Å². The molecule has 21 heavy (non-hydrogen) atoms. The molecule has 1 aromatic carbocycles. The van der Waals surface area contributed by atoms with Gasteiger partial charge in [-0.3, -0.25) is 4.79 Å². The number of carbonyl (C=O) groups is 1. The van der Waals surface area contributed by atoms with Gasteiger partial charge in [0.05, 0.1) is 18.8 Å². The van der Waals surface area contributed by atoms with Gasteiger partial charge < -0.3 is 15.8 Å². The second kappa shape index (κ2) is 7.57. The number of benzene rings is 1. The topological polar surface area (TPSA) is 64.3 Å². The van der Waals surface area contributed by atoms with Crippen LogP contribution >= 0.6 is 0 Å². The van der Waals surface area contributed by atoms with Crippen LogP contribution in [0.4, 0.5) is 5.69 Å². The summed E-state index contributed by atoms with van der Waals surface area (Å²) in [4.78, 5) is 11.6. The van der Waals surface area contributed by atoms with Gasteiger partial charge in [-0.25, -0.2) is 0 Å². The van der Waals surface area contributed by atoms with Crippen molar-refractivity contribution in [3.05, 3.63) is 29.8 Å². The van der Waals surface area contributed by atoms with Crippen LogP contribution in [0.1, 0.15) is 45.1 Å². The first-order valence-corrected chi connectivity index (χ1v) is 7.81. The van der Waals surface area contributed by atoms with Crippen molar-refractivity contribution < 1.29 is 9.53 Å². The van der Waals surface area contributed by atoms with Crippen LogP contribution in [0.15, 0.2) is 24.3 Å². The Morgan fingerprint density at radius 3 is 3.00 bits per heavy atom. The van der Waals surface area contributed by atoms with E-state index in [2.05, 4.69) is 12.2 Å². The van der Waals surface area contributed by atoms with Crippen molar-refractivity contribution in [2.24, 2.45) is 11.7 Å². The van der Waals surface area contributed by atoms with Crippen LogP contribution in [0, 0.1) is 5.92 Å². The number of hydrogen-bond donors (Lipinski definition) is 2. The normalized spacial score (nSPS) is 23.6. The summed E-state index contributed by atoms with van der Waals surface area (Å²) in [7, 11) is 0. The maximum absolute atomic E-state index is 11.6. The molecular formula is C17H26N2O2. The first-order chi connectivity index (χ1) is 10.0. The summed E-state index contributed by atoms with van der Waals surface area (Å²) in [6.45, 7) is 4.56. The van der Waals surface area contributed by atoms with E-state index in [0.717, 1.165) is 30.0 Å². The Balaban J connectivity index is 1.87. The molecule has 4 nitrogen and oxygen atoms in total. The van der Waals surface area contributed by atoms with Gasteiger partial charge in [-0.15, -0.1) is 0 Å². The first-order valence-electron chi connectivity index (χ1n) is 7.81. The summed E-state index contributed by atoms with van der Waals surface area (Å²) in [5.41, 5.74) is 7.41. The molecule has 1 aliphatic rings. The smallest absolute Gasteiger partial charge is 0.240 e. The molecular weight excluding hydrogens is 264 g/mol. The van der Waals surface area contributed by atoms with E-state index in [4.69, 9.17) is 10.5 Å². The zero-order valence-electron chi connectivity index (χ0n) is 13.0. The van der Waals surface area contributed by atoms with Gasteiger partial charge in [-0.05, 0) is 43.4 Å². The third kappa shape index (κ3) is 5.14. The van der Waals surface area contributed by atoms with Gasteiger partial charge in [-0.1, -0.05) is 31.9 Å². The van der Waals surface area contributed by atoms with E-state index < -0.39 is 6.04 Å². The van der Waals surface area contributed by atoms with Crippen LogP contribution in [0.25, 0.3) is 0 Å². The minimum Gasteiger partial charge on any atom is -0.374 e. The SMILES string of the molecule is CC1CCCC(OCc2cccc(NC(=O)[C@H](C)N)c2)C1. The maximum atomic E-state index is 11.6. The molecule has 2 unspecified atom stereocenters. The van der Waals surface area contributed by atoms with Gasteiger partial charge in [0.25, 0.3) is 0 Å². The molecule has 116 valence electrons. The fraction of sp³-hybridized carbons (Fsp3) is 0.588. The van der Waals surface area contributed by atoms with E-state index in [-0.39, 0.29) is 5.91 Å². The minimum atomic E-state index is -0.506. The summed E-state index contributed by atoms with van der Waals surface area (Å²) >= 11 is 0. The van der Waals surface area contributed by atoms with Crippen LogP contribution in [0.2, 0.25) is 0 Å². The molecule has 0 radical (unpaired) electrons. The van der Waals surface area contributed by atoms with E-state index in [1.54, 1.807) is 6.92 Å². The molecule has 0 aromatic heterocycles. The summed E-state index contributed by atoms with van der Waals surface area (Å²) in [5.74, 6) is 0.592. The van der Waals surface area contributed by atoms with Crippen molar-refractivity contribution in [1.29, 1.82) is 0 Å².